The molecule has 0 unspecified atom stereocenters. The van der Waals surface area contributed by atoms with Crippen LogP contribution in [0.2, 0.25) is 5.02 Å². The van der Waals surface area contributed by atoms with Gasteiger partial charge in [0.25, 0.3) is 0 Å². The average Bonchev–Trinajstić information content (AvgIpc) is 2.20. The molecule has 0 amide bonds. The minimum Gasteiger partial charge on any atom is -0.0843 e. The van der Waals surface area contributed by atoms with Crippen molar-refractivity contribution in [3.63, 3.8) is 0 Å². The fourth-order valence-electron chi connectivity index (χ4n) is 1.35. The Morgan fingerprint density at radius 2 is 1.53 bits per heavy atom. The summed E-state index contributed by atoms with van der Waals surface area (Å²) in [5, 5.41) is 0.756. The average molecular weight is 346 g/mol. The van der Waals surface area contributed by atoms with Crippen LogP contribution in [0.15, 0.2) is 51.4 Å². The van der Waals surface area contributed by atoms with Crippen molar-refractivity contribution in [1.82, 2.24) is 0 Å². The molecule has 0 spiro atoms. The van der Waals surface area contributed by atoms with Gasteiger partial charge in [-0.15, -0.1) is 0 Å². The van der Waals surface area contributed by atoms with Gasteiger partial charge in [-0.3, -0.25) is 0 Å². The predicted octanol–water partition coefficient (Wildman–Crippen LogP) is 5.53. The Labute approximate surface area is 111 Å². The van der Waals surface area contributed by atoms with Crippen LogP contribution in [0.5, 0.6) is 0 Å². The van der Waals surface area contributed by atoms with E-state index in [9.17, 15) is 0 Å². The third-order valence-electron chi connectivity index (χ3n) is 2.09. The third-order valence-corrected chi connectivity index (χ3v) is 3.49. The Bertz CT molecular complexity index is 477. The minimum absolute atomic E-state index is 0.756. The summed E-state index contributed by atoms with van der Waals surface area (Å²) in [5.74, 6) is 0. The van der Waals surface area contributed by atoms with Gasteiger partial charge in [0.05, 0.1) is 0 Å². The summed E-state index contributed by atoms with van der Waals surface area (Å²) in [6, 6.07) is 13.9. The molecule has 0 bridgehead atoms. The van der Waals surface area contributed by atoms with Crippen molar-refractivity contribution in [3.8, 4) is 11.1 Å². The number of rotatable bonds is 1. The number of hydrogen-bond donors (Lipinski definition) is 0. The van der Waals surface area contributed by atoms with Crippen LogP contribution in [0.3, 0.4) is 0 Å². The van der Waals surface area contributed by atoms with Gasteiger partial charge in [0.1, 0.15) is 0 Å². The molecule has 0 aliphatic carbocycles. The van der Waals surface area contributed by atoms with Gasteiger partial charge < -0.3 is 0 Å². The highest BCUT2D eigenvalue weighted by atomic mass is 79.9. The van der Waals surface area contributed by atoms with Crippen molar-refractivity contribution in [2.45, 2.75) is 0 Å². The third kappa shape index (κ3) is 2.63. The van der Waals surface area contributed by atoms with Crippen molar-refractivity contribution in [2.24, 2.45) is 0 Å². The van der Waals surface area contributed by atoms with Gasteiger partial charge in [-0.25, -0.2) is 0 Å². The fraction of sp³-hybridized carbons (Fsp3) is 0. The fourth-order valence-corrected chi connectivity index (χ4v) is 2.76. The minimum atomic E-state index is 0.756. The highest BCUT2D eigenvalue weighted by Gasteiger charge is 2.03. The van der Waals surface area contributed by atoms with Crippen LogP contribution in [-0.2, 0) is 0 Å². The topological polar surface area (TPSA) is 0 Å². The van der Waals surface area contributed by atoms with Gasteiger partial charge in [0, 0.05) is 14.0 Å². The van der Waals surface area contributed by atoms with E-state index < -0.39 is 0 Å². The zero-order valence-electron chi connectivity index (χ0n) is 7.68. The van der Waals surface area contributed by atoms with E-state index in [1.807, 2.05) is 36.4 Å². The first-order chi connectivity index (χ1) is 7.16. The number of halogens is 3. The Kier molecular flexibility index (Phi) is 3.49. The normalized spacial score (nSPS) is 10.3. The van der Waals surface area contributed by atoms with Crippen molar-refractivity contribution < 1.29 is 0 Å². The van der Waals surface area contributed by atoms with E-state index in [2.05, 4.69) is 37.9 Å². The highest BCUT2D eigenvalue weighted by molar-refractivity contribution is 9.11. The molecule has 0 aliphatic rings. The lowest BCUT2D eigenvalue weighted by atomic mass is 10.1. The van der Waals surface area contributed by atoms with Crippen molar-refractivity contribution in [3.05, 3.63) is 56.4 Å². The number of hydrogen-bond acceptors (Lipinski definition) is 0. The van der Waals surface area contributed by atoms with Gasteiger partial charge in [0.2, 0.25) is 0 Å². The largest absolute Gasteiger partial charge is 0.0843 e. The molecular formula is C12H7Br2Cl. The predicted molar refractivity (Wildman–Crippen MR) is 72.3 cm³/mol. The van der Waals surface area contributed by atoms with E-state index in [4.69, 9.17) is 11.6 Å². The van der Waals surface area contributed by atoms with E-state index >= 15 is 0 Å². The van der Waals surface area contributed by atoms with Gasteiger partial charge >= 0.3 is 0 Å². The molecule has 2 aromatic carbocycles. The maximum Gasteiger partial charge on any atom is 0.0406 e. The van der Waals surface area contributed by atoms with Crippen molar-refractivity contribution in [1.29, 1.82) is 0 Å². The van der Waals surface area contributed by atoms with E-state index in [0.29, 0.717) is 0 Å². The molecule has 3 heteroatoms. The molecule has 0 saturated carbocycles. The molecule has 2 rings (SSSR count). The zero-order valence-corrected chi connectivity index (χ0v) is 11.6. The standard InChI is InChI=1S/C12H7Br2Cl/c13-9-3-6-11(12(14)7-9)8-1-4-10(15)5-2-8/h1-7H. The van der Waals surface area contributed by atoms with Gasteiger partial charge in [0.15, 0.2) is 0 Å². The molecule has 0 atom stereocenters. The van der Waals surface area contributed by atoms with Gasteiger partial charge in [-0.2, -0.15) is 0 Å². The summed E-state index contributed by atoms with van der Waals surface area (Å²) >= 11 is 12.8. The first-order valence-corrected chi connectivity index (χ1v) is 6.34. The molecule has 0 N–H and O–H groups in total. The highest BCUT2D eigenvalue weighted by Crippen LogP contribution is 2.31. The molecule has 0 fully saturated rings. The lowest BCUT2D eigenvalue weighted by molar-refractivity contribution is 1.56. The molecule has 0 nitrogen and oxygen atoms in total. The second-order valence-corrected chi connectivity index (χ2v) is 5.34. The molecule has 2 aromatic rings. The van der Waals surface area contributed by atoms with E-state index in [-0.39, 0.29) is 0 Å². The van der Waals surface area contributed by atoms with Crippen LogP contribution < -0.4 is 0 Å². The van der Waals surface area contributed by atoms with Crippen LogP contribution in [0.1, 0.15) is 0 Å². The SMILES string of the molecule is Clc1ccc(-c2ccc(Br)cc2Br)cc1. The zero-order chi connectivity index (χ0) is 10.8. The van der Waals surface area contributed by atoms with Crippen LogP contribution in [0.25, 0.3) is 11.1 Å². The summed E-state index contributed by atoms with van der Waals surface area (Å²) in [5.41, 5.74) is 2.31. The first-order valence-electron chi connectivity index (χ1n) is 4.38. The van der Waals surface area contributed by atoms with E-state index in [1.54, 1.807) is 0 Å². The van der Waals surface area contributed by atoms with Gasteiger partial charge in [-0.1, -0.05) is 61.7 Å². The Hall–Kier alpha value is -0.310. The summed E-state index contributed by atoms with van der Waals surface area (Å²) in [7, 11) is 0. The maximum atomic E-state index is 5.84. The summed E-state index contributed by atoms with van der Waals surface area (Å²) in [6.45, 7) is 0. The van der Waals surface area contributed by atoms with Crippen LogP contribution >= 0.6 is 43.5 Å². The Balaban J connectivity index is 2.49. The maximum absolute atomic E-state index is 5.84. The molecule has 0 radical (unpaired) electrons. The smallest absolute Gasteiger partial charge is 0.0406 e. The summed E-state index contributed by atoms with van der Waals surface area (Å²) in [6.07, 6.45) is 0. The second kappa shape index (κ2) is 4.69. The molecule has 15 heavy (non-hydrogen) atoms. The second-order valence-electron chi connectivity index (χ2n) is 3.13. The molecule has 0 saturated heterocycles. The molecule has 76 valence electrons. The Morgan fingerprint density at radius 3 is 2.13 bits per heavy atom. The van der Waals surface area contributed by atoms with Crippen molar-refractivity contribution >= 4 is 43.5 Å². The van der Waals surface area contributed by atoms with E-state index in [0.717, 1.165) is 25.1 Å². The lowest BCUT2D eigenvalue weighted by Gasteiger charge is -2.05. The molecule has 0 heterocycles. The summed E-state index contributed by atoms with van der Waals surface area (Å²) in [4.78, 5) is 0. The van der Waals surface area contributed by atoms with Crippen LogP contribution in [0, 0.1) is 0 Å². The quantitative estimate of drug-likeness (QED) is 0.637. The Morgan fingerprint density at radius 1 is 0.867 bits per heavy atom. The van der Waals surface area contributed by atoms with Crippen LogP contribution in [-0.4, -0.2) is 0 Å². The molecular weight excluding hydrogens is 339 g/mol. The summed E-state index contributed by atoms with van der Waals surface area (Å²) < 4.78 is 2.13. The van der Waals surface area contributed by atoms with Crippen LogP contribution in [0.4, 0.5) is 0 Å². The first kappa shape index (κ1) is 11.2. The van der Waals surface area contributed by atoms with E-state index in [1.165, 1.54) is 0 Å². The molecule has 0 aromatic heterocycles. The molecule has 0 aliphatic heterocycles. The number of benzene rings is 2. The van der Waals surface area contributed by atoms with Gasteiger partial charge in [-0.05, 0) is 35.4 Å². The monoisotopic (exact) mass is 344 g/mol. The lowest BCUT2D eigenvalue weighted by Crippen LogP contribution is -1.79. The van der Waals surface area contributed by atoms with Crippen molar-refractivity contribution in [2.75, 3.05) is 0 Å².